The summed E-state index contributed by atoms with van der Waals surface area (Å²) in [7, 11) is 0. The molecule has 2 N–H and O–H groups in total. The molecule has 0 radical (unpaired) electrons. The maximum absolute atomic E-state index is 6.01. The quantitative estimate of drug-likeness (QED) is 0.927. The smallest absolute Gasteiger partial charge is 0.0926 e. The fourth-order valence-corrected chi connectivity index (χ4v) is 3.21. The summed E-state index contributed by atoms with van der Waals surface area (Å²) in [6.45, 7) is 7.63. The molecule has 0 spiro atoms. The minimum atomic E-state index is 0. The van der Waals surface area contributed by atoms with Crippen LogP contribution in [0.25, 0.3) is 0 Å². The van der Waals surface area contributed by atoms with Gasteiger partial charge in [0.25, 0.3) is 0 Å². The molecule has 0 aromatic carbocycles. The third-order valence-electron chi connectivity index (χ3n) is 3.57. The molecule has 2 rings (SSSR count). The van der Waals surface area contributed by atoms with E-state index in [0.717, 1.165) is 19.5 Å². The van der Waals surface area contributed by atoms with Crippen LogP contribution < -0.4 is 5.73 Å². The van der Waals surface area contributed by atoms with Crippen molar-refractivity contribution in [3.8, 4) is 0 Å². The monoisotopic (exact) mass is 289 g/mol. The summed E-state index contributed by atoms with van der Waals surface area (Å²) in [5, 5.41) is 3.45. The van der Waals surface area contributed by atoms with Crippen molar-refractivity contribution >= 4 is 23.7 Å². The molecule has 2 atom stereocenters. The Balaban J connectivity index is 0.00000162. The van der Waals surface area contributed by atoms with Gasteiger partial charge in [-0.15, -0.1) is 23.7 Å². The van der Waals surface area contributed by atoms with Crippen LogP contribution in [0.1, 0.15) is 37.4 Å². The second-order valence-electron chi connectivity index (χ2n) is 5.08. The van der Waals surface area contributed by atoms with Crippen molar-refractivity contribution in [2.45, 2.75) is 45.7 Å². The Bertz CT molecular complexity index is 354. The molecule has 1 saturated heterocycles. The van der Waals surface area contributed by atoms with Crippen LogP contribution in [0.2, 0.25) is 0 Å². The lowest BCUT2D eigenvalue weighted by Gasteiger charge is -2.34. The fourth-order valence-electron chi connectivity index (χ4n) is 2.48. The van der Waals surface area contributed by atoms with Crippen LogP contribution in [0.4, 0.5) is 0 Å². The maximum atomic E-state index is 6.01. The molecule has 0 aliphatic carbocycles. The molecule has 3 nitrogen and oxygen atoms in total. The highest BCUT2D eigenvalue weighted by atomic mass is 35.5. The largest absolute Gasteiger partial charge is 0.328 e. The van der Waals surface area contributed by atoms with Gasteiger partial charge in [0.2, 0.25) is 0 Å². The van der Waals surface area contributed by atoms with E-state index in [2.05, 4.69) is 29.1 Å². The third-order valence-corrected chi connectivity index (χ3v) is 4.61. The van der Waals surface area contributed by atoms with Crippen molar-refractivity contribution in [2.24, 2.45) is 11.7 Å². The zero-order valence-electron chi connectivity index (χ0n) is 11.3. The first-order valence-corrected chi connectivity index (χ1v) is 7.48. The number of rotatable bonds is 4. The first kappa shape index (κ1) is 15.9. The van der Waals surface area contributed by atoms with Gasteiger partial charge >= 0.3 is 0 Å². The number of aromatic nitrogens is 1. The lowest BCUT2D eigenvalue weighted by atomic mass is 9.92. The second-order valence-corrected chi connectivity index (χ2v) is 6.03. The van der Waals surface area contributed by atoms with E-state index in [1.54, 1.807) is 11.3 Å². The molecule has 1 aromatic heterocycles. The highest BCUT2D eigenvalue weighted by molar-refractivity contribution is 7.09. The highest BCUT2D eigenvalue weighted by Gasteiger charge is 2.22. The first-order valence-electron chi connectivity index (χ1n) is 6.60. The molecule has 18 heavy (non-hydrogen) atoms. The Morgan fingerprint density at radius 2 is 2.39 bits per heavy atom. The van der Waals surface area contributed by atoms with Gasteiger partial charge in [0.15, 0.2) is 0 Å². The molecule has 2 heterocycles. The second kappa shape index (κ2) is 7.43. The Kier molecular flexibility index (Phi) is 6.57. The first-order chi connectivity index (χ1) is 8.19. The lowest BCUT2D eigenvalue weighted by molar-refractivity contribution is 0.153. The van der Waals surface area contributed by atoms with Crippen molar-refractivity contribution in [2.75, 3.05) is 13.1 Å². The molecule has 0 bridgehead atoms. The molecule has 1 fully saturated rings. The number of thiazole rings is 1. The maximum Gasteiger partial charge on any atom is 0.0926 e. The van der Waals surface area contributed by atoms with Gasteiger partial charge in [-0.2, -0.15) is 0 Å². The topological polar surface area (TPSA) is 42.2 Å². The minimum Gasteiger partial charge on any atom is -0.328 e. The van der Waals surface area contributed by atoms with Crippen LogP contribution in [0.15, 0.2) is 5.38 Å². The van der Waals surface area contributed by atoms with Crippen LogP contribution in [-0.2, 0) is 13.0 Å². The summed E-state index contributed by atoms with van der Waals surface area (Å²) in [5.41, 5.74) is 7.24. The number of piperidine rings is 1. The van der Waals surface area contributed by atoms with E-state index >= 15 is 0 Å². The zero-order chi connectivity index (χ0) is 12.3. The minimum absolute atomic E-state index is 0. The Morgan fingerprint density at radius 1 is 1.61 bits per heavy atom. The third kappa shape index (κ3) is 4.19. The summed E-state index contributed by atoms with van der Waals surface area (Å²) in [6.07, 6.45) is 3.61. The average molecular weight is 290 g/mol. The normalized spacial score (nSPS) is 22.5. The molecule has 104 valence electrons. The average Bonchev–Trinajstić information content (AvgIpc) is 2.77. The van der Waals surface area contributed by atoms with E-state index in [9.17, 15) is 0 Å². The molecule has 1 aromatic rings. The Hall–Kier alpha value is -0.160. The summed E-state index contributed by atoms with van der Waals surface area (Å²) in [5.74, 6) is 0.660. The van der Waals surface area contributed by atoms with Gasteiger partial charge in [0.1, 0.15) is 0 Å². The van der Waals surface area contributed by atoms with E-state index in [0.29, 0.717) is 12.0 Å². The van der Waals surface area contributed by atoms with Crippen molar-refractivity contribution in [3.05, 3.63) is 16.1 Å². The number of halogens is 1. The van der Waals surface area contributed by atoms with Gasteiger partial charge in [-0.05, 0) is 38.6 Å². The number of nitrogens with zero attached hydrogens (tertiary/aromatic N) is 2. The van der Waals surface area contributed by atoms with E-state index in [1.165, 1.54) is 30.1 Å². The number of aryl methyl sites for hydroxylation is 1. The van der Waals surface area contributed by atoms with Crippen molar-refractivity contribution in [1.82, 2.24) is 9.88 Å². The molecular weight excluding hydrogens is 266 g/mol. The molecule has 0 amide bonds. The predicted octanol–water partition coefficient (Wildman–Crippen LogP) is 2.69. The van der Waals surface area contributed by atoms with Gasteiger partial charge < -0.3 is 5.73 Å². The van der Waals surface area contributed by atoms with Crippen molar-refractivity contribution in [1.29, 1.82) is 0 Å². The van der Waals surface area contributed by atoms with Crippen LogP contribution >= 0.6 is 23.7 Å². The number of hydrogen-bond acceptors (Lipinski definition) is 4. The van der Waals surface area contributed by atoms with E-state index in [1.807, 2.05) is 0 Å². The fraction of sp³-hybridized carbons (Fsp3) is 0.769. The summed E-state index contributed by atoms with van der Waals surface area (Å²) >= 11 is 1.78. The zero-order valence-corrected chi connectivity index (χ0v) is 12.9. The van der Waals surface area contributed by atoms with E-state index in [-0.39, 0.29) is 12.4 Å². The summed E-state index contributed by atoms with van der Waals surface area (Å²) in [6, 6.07) is 0.319. The van der Waals surface area contributed by atoms with Gasteiger partial charge in [-0.3, -0.25) is 4.90 Å². The molecule has 1 aliphatic heterocycles. The standard InChI is InChI=1S/C13H23N3S.ClH/c1-3-13-15-12(9-17-13)8-16-6-4-5-11(7-16)10(2)14;/h9-11H,3-8,14H2,1-2H3;1H. The van der Waals surface area contributed by atoms with Gasteiger partial charge in [-0.1, -0.05) is 6.92 Å². The van der Waals surface area contributed by atoms with Crippen LogP contribution in [0, 0.1) is 5.92 Å². The van der Waals surface area contributed by atoms with Crippen LogP contribution in [0.3, 0.4) is 0 Å². The van der Waals surface area contributed by atoms with Crippen molar-refractivity contribution < 1.29 is 0 Å². The Labute approximate surface area is 120 Å². The van der Waals surface area contributed by atoms with E-state index in [4.69, 9.17) is 5.73 Å². The van der Waals surface area contributed by atoms with E-state index < -0.39 is 0 Å². The van der Waals surface area contributed by atoms with Crippen LogP contribution in [0.5, 0.6) is 0 Å². The highest BCUT2D eigenvalue weighted by Crippen LogP contribution is 2.21. The molecular formula is C13H24ClN3S. The van der Waals surface area contributed by atoms with Gasteiger partial charge in [-0.25, -0.2) is 4.98 Å². The Morgan fingerprint density at radius 3 is 3.00 bits per heavy atom. The number of hydrogen-bond donors (Lipinski definition) is 1. The number of likely N-dealkylation sites (tertiary alicyclic amines) is 1. The molecule has 0 saturated carbocycles. The predicted molar refractivity (Wildman–Crippen MR) is 80.4 cm³/mol. The molecule has 5 heteroatoms. The lowest BCUT2D eigenvalue weighted by Crippen LogP contribution is -2.41. The molecule has 2 unspecified atom stereocenters. The van der Waals surface area contributed by atoms with Crippen molar-refractivity contribution in [3.63, 3.8) is 0 Å². The SMILES string of the molecule is CCc1nc(CN2CCCC(C(C)N)C2)cs1.Cl. The van der Waals surface area contributed by atoms with Gasteiger partial charge in [0.05, 0.1) is 10.7 Å². The summed E-state index contributed by atoms with van der Waals surface area (Å²) in [4.78, 5) is 7.14. The van der Waals surface area contributed by atoms with Gasteiger partial charge in [0, 0.05) is 24.5 Å². The summed E-state index contributed by atoms with van der Waals surface area (Å²) < 4.78 is 0. The molecule has 1 aliphatic rings. The number of nitrogens with two attached hydrogens (primary N) is 1. The van der Waals surface area contributed by atoms with Crippen LogP contribution in [-0.4, -0.2) is 29.0 Å².